The van der Waals surface area contributed by atoms with Gasteiger partial charge in [-0.1, -0.05) is 26.0 Å². The molecule has 0 spiro atoms. The Morgan fingerprint density at radius 3 is 2.88 bits per heavy atom. The molecule has 0 bridgehead atoms. The number of fused-ring (bicyclic) bond motifs is 1. The average molecular weight is 360 g/mol. The highest BCUT2D eigenvalue weighted by atomic mass is 16.6. The Hall–Kier alpha value is -1.75. The van der Waals surface area contributed by atoms with Gasteiger partial charge in [0, 0.05) is 13.0 Å². The minimum absolute atomic E-state index is 0.105. The van der Waals surface area contributed by atoms with Crippen LogP contribution in [0.15, 0.2) is 24.3 Å². The van der Waals surface area contributed by atoms with Crippen molar-refractivity contribution in [1.29, 1.82) is 0 Å². The van der Waals surface area contributed by atoms with Gasteiger partial charge in [-0.2, -0.15) is 0 Å². The fourth-order valence-electron chi connectivity index (χ4n) is 3.92. The summed E-state index contributed by atoms with van der Waals surface area (Å²) in [6, 6.07) is 7.72. The summed E-state index contributed by atoms with van der Waals surface area (Å²) < 4.78 is 11.9. The van der Waals surface area contributed by atoms with Gasteiger partial charge in [-0.05, 0) is 56.3 Å². The van der Waals surface area contributed by atoms with Crippen LogP contribution in [0.3, 0.4) is 0 Å². The number of nitrogens with zero attached hydrogens (tertiary/aromatic N) is 1. The second kappa shape index (κ2) is 9.26. The van der Waals surface area contributed by atoms with E-state index in [1.807, 2.05) is 29.2 Å². The van der Waals surface area contributed by atoms with Crippen molar-refractivity contribution in [3.8, 4) is 11.5 Å². The van der Waals surface area contributed by atoms with Crippen molar-refractivity contribution in [3.63, 3.8) is 0 Å². The molecule has 144 valence electrons. The molecule has 1 fully saturated rings. The number of hydrogen-bond donors (Lipinski definition) is 1. The lowest BCUT2D eigenvalue weighted by atomic mass is 9.85. The highest BCUT2D eigenvalue weighted by molar-refractivity contribution is 5.76. The molecule has 0 saturated carbocycles. The minimum atomic E-state index is -0.105. The number of benzene rings is 1. The number of carbonyl (C=O) groups is 1. The SMILES string of the molecule is CCCN(CC1COc2ccccc2O1)C(=O)CC(C)C1CCCNC1. The fourth-order valence-corrected chi connectivity index (χ4v) is 3.92. The van der Waals surface area contributed by atoms with Crippen molar-refractivity contribution < 1.29 is 14.3 Å². The van der Waals surface area contributed by atoms with Crippen LogP contribution in [0, 0.1) is 11.8 Å². The highest BCUT2D eigenvalue weighted by Crippen LogP contribution is 2.31. The van der Waals surface area contributed by atoms with E-state index < -0.39 is 0 Å². The molecule has 2 aliphatic rings. The maximum absolute atomic E-state index is 12.9. The number of nitrogens with one attached hydrogen (secondary N) is 1. The first-order valence-corrected chi connectivity index (χ1v) is 10.0. The van der Waals surface area contributed by atoms with Gasteiger partial charge in [0.05, 0.1) is 6.54 Å². The highest BCUT2D eigenvalue weighted by Gasteiger charge is 2.28. The Morgan fingerprint density at radius 2 is 2.15 bits per heavy atom. The summed E-state index contributed by atoms with van der Waals surface area (Å²) in [5.74, 6) is 2.83. The van der Waals surface area contributed by atoms with Crippen LogP contribution in [-0.4, -0.2) is 49.7 Å². The Kier molecular flexibility index (Phi) is 6.78. The van der Waals surface area contributed by atoms with Gasteiger partial charge in [-0.15, -0.1) is 0 Å². The second-order valence-corrected chi connectivity index (χ2v) is 7.63. The van der Waals surface area contributed by atoms with Crippen LogP contribution in [-0.2, 0) is 4.79 Å². The van der Waals surface area contributed by atoms with Crippen molar-refractivity contribution in [2.24, 2.45) is 11.8 Å². The van der Waals surface area contributed by atoms with E-state index in [0.29, 0.717) is 31.4 Å². The van der Waals surface area contributed by atoms with Gasteiger partial charge in [0.2, 0.25) is 5.91 Å². The molecule has 3 unspecified atom stereocenters. The molecule has 5 nitrogen and oxygen atoms in total. The monoisotopic (exact) mass is 360 g/mol. The summed E-state index contributed by atoms with van der Waals surface area (Å²) >= 11 is 0. The van der Waals surface area contributed by atoms with Gasteiger partial charge in [0.25, 0.3) is 0 Å². The van der Waals surface area contributed by atoms with Gasteiger partial charge in [0.15, 0.2) is 17.6 Å². The van der Waals surface area contributed by atoms with E-state index in [-0.39, 0.29) is 12.0 Å². The molecule has 3 atom stereocenters. The van der Waals surface area contributed by atoms with E-state index in [1.165, 1.54) is 12.8 Å². The average Bonchev–Trinajstić information content (AvgIpc) is 2.68. The van der Waals surface area contributed by atoms with Gasteiger partial charge in [-0.3, -0.25) is 4.79 Å². The Labute approximate surface area is 157 Å². The van der Waals surface area contributed by atoms with E-state index in [4.69, 9.17) is 9.47 Å². The molecular weight excluding hydrogens is 328 g/mol. The maximum atomic E-state index is 12.9. The number of para-hydroxylation sites is 2. The molecule has 0 aliphatic carbocycles. The fraction of sp³-hybridized carbons (Fsp3) is 0.667. The predicted molar refractivity (Wildman–Crippen MR) is 103 cm³/mol. The van der Waals surface area contributed by atoms with Crippen molar-refractivity contribution in [2.45, 2.75) is 45.6 Å². The molecule has 1 aromatic rings. The molecule has 1 amide bonds. The third-order valence-corrected chi connectivity index (χ3v) is 5.47. The van der Waals surface area contributed by atoms with Crippen molar-refractivity contribution >= 4 is 5.91 Å². The van der Waals surface area contributed by atoms with Crippen LogP contribution < -0.4 is 14.8 Å². The molecule has 0 aromatic heterocycles. The lowest BCUT2D eigenvalue weighted by Gasteiger charge is -2.33. The Morgan fingerprint density at radius 1 is 1.35 bits per heavy atom. The molecule has 1 saturated heterocycles. The van der Waals surface area contributed by atoms with E-state index >= 15 is 0 Å². The Bertz CT molecular complexity index is 586. The van der Waals surface area contributed by atoms with E-state index in [1.54, 1.807) is 0 Å². The summed E-state index contributed by atoms with van der Waals surface area (Å²) in [7, 11) is 0. The van der Waals surface area contributed by atoms with E-state index in [2.05, 4.69) is 19.2 Å². The molecule has 3 rings (SSSR count). The molecule has 5 heteroatoms. The molecule has 2 aliphatic heterocycles. The number of rotatable bonds is 7. The zero-order valence-electron chi connectivity index (χ0n) is 16.1. The van der Waals surface area contributed by atoms with Crippen molar-refractivity contribution in [1.82, 2.24) is 10.2 Å². The molecule has 2 heterocycles. The molecule has 1 aromatic carbocycles. The lowest BCUT2D eigenvalue weighted by Crippen LogP contribution is -2.45. The van der Waals surface area contributed by atoms with Crippen LogP contribution in [0.5, 0.6) is 11.5 Å². The van der Waals surface area contributed by atoms with E-state index in [9.17, 15) is 4.79 Å². The number of amides is 1. The zero-order valence-corrected chi connectivity index (χ0v) is 16.1. The quantitative estimate of drug-likeness (QED) is 0.812. The molecule has 1 N–H and O–H groups in total. The standard InChI is InChI=1S/C21H32N2O3/c1-3-11-23(21(24)12-16(2)17-7-6-10-22-13-17)14-18-15-25-19-8-4-5-9-20(19)26-18/h4-5,8-9,16-18,22H,3,6-7,10-15H2,1-2H3. The summed E-state index contributed by atoms with van der Waals surface area (Å²) in [4.78, 5) is 14.9. The van der Waals surface area contributed by atoms with Gasteiger partial charge >= 0.3 is 0 Å². The first-order valence-electron chi connectivity index (χ1n) is 10.0. The van der Waals surface area contributed by atoms with Crippen LogP contribution in [0.1, 0.15) is 39.5 Å². The summed E-state index contributed by atoms with van der Waals surface area (Å²) in [6.45, 7) is 8.34. The zero-order chi connectivity index (χ0) is 18.4. The first kappa shape index (κ1) is 19.0. The second-order valence-electron chi connectivity index (χ2n) is 7.63. The normalized spacial score (nSPS) is 23.3. The number of ether oxygens (including phenoxy) is 2. The van der Waals surface area contributed by atoms with Crippen LogP contribution in [0.2, 0.25) is 0 Å². The van der Waals surface area contributed by atoms with Crippen LogP contribution in [0.25, 0.3) is 0 Å². The first-order chi connectivity index (χ1) is 12.7. The van der Waals surface area contributed by atoms with Gasteiger partial charge < -0.3 is 19.7 Å². The number of carbonyl (C=O) groups excluding carboxylic acids is 1. The third-order valence-electron chi connectivity index (χ3n) is 5.47. The number of hydrogen-bond acceptors (Lipinski definition) is 4. The number of piperidine rings is 1. The largest absolute Gasteiger partial charge is 0.486 e. The summed E-state index contributed by atoms with van der Waals surface area (Å²) in [5, 5.41) is 3.46. The van der Waals surface area contributed by atoms with Gasteiger partial charge in [0.1, 0.15) is 6.61 Å². The summed E-state index contributed by atoms with van der Waals surface area (Å²) in [5.41, 5.74) is 0. The lowest BCUT2D eigenvalue weighted by molar-refractivity contribution is -0.134. The predicted octanol–water partition coefficient (Wildman–Crippen LogP) is 3.09. The Balaban J connectivity index is 1.55. The smallest absolute Gasteiger partial charge is 0.222 e. The van der Waals surface area contributed by atoms with E-state index in [0.717, 1.165) is 37.6 Å². The molecular formula is C21H32N2O3. The van der Waals surface area contributed by atoms with Crippen molar-refractivity contribution in [3.05, 3.63) is 24.3 Å². The third kappa shape index (κ3) is 4.91. The minimum Gasteiger partial charge on any atom is -0.486 e. The maximum Gasteiger partial charge on any atom is 0.222 e. The topological polar surface area (TPSA) is 50.8 Å². The summed E-state index contributed by atoms with van der Waals surface area (Å²) in [6.07, 6.45) is 3.92. The van der Waals surface area contributed by atoms with Crippen LogP contribution >= 0.6 is 0 Å². The van der Waals surface area contributed by atoms with Crippen molar-refractivity contribution in [2.75, 3.05) is 32.8 Å². The molecule has 26 heavy (non-hydrogen) atoms. The van der Waals surface area contributed by atoms with Crippen LogP contribution in [0.4, 0.5) is 0 Å². The molecule has 0 radical (unpaired) electrons. The van der Waals surface area contributed by atoms with Gasteiger partial charge in [-0.25, -0.2) is 0 Å².